The molecule has 1 aromatic carbocycles. The Labute approximate surface area is 174 Å². The molecule has 2 fully saturated rings. The lowest BCUT2D eigenvalue weighted by Gasteiger charge is -2.33. The maximum Gasteiger partial charge on any atom is 0.233 e. The molecule has 0 radical (unpaired) electrons. The second-order valence-corrected chi connectivity index (χ2v) is 9.04. The molecule has 1 unspecified atom stereocenters. The highest BCUT2D eigenvalue weighted by atomic mass is 16.2. The van der Waals surface area contributed by atoms with Gasteiger partial charge < -0.3 is 10.2 Å². The normalized spacial score (nSPS) is 21.3. The van der Waals surface area contributed by atoms with Crippen LogP contribution in [0.25, 0.3) is 0 Å². The van der Waals surface area contributed by atoms with Gasteiger partial charge in [-0.05, 0) is 50.8 Å². The molecule has 1 aliphatic heterocycles. The standard InChI is InChI=1S/C24H34N4O/c1-18-8-10-20(11-9-18)24(12-4-5-13-24)23(29)27(2)17-21-15-22(26-28(21)3)19-7-6-14-25-16-19/h8-11,15,19,25H,4-7,12-14,16-17H2,1-3H3. The summed E-state index contributed by atoms with van der Waals surface area (Å²) in [4.78, 5) is 15.6. The average Bonchev–Trinajstić information content (AvgIpc) is 3.37. The van der Waals surface area contributed by atoms with Crippen LogP contribution in [0.4, 0.5) is 0 Å². The molecular formula is C24H34N4O. The summed E-state index contributed by atoms with van der Waals surface area (Å²) < 4.78 is 1.96. The van der Waals surface area contributed by atoms with Crippen LogP contribution in [0.2, 0.25) is 0 Å². The fourth-order valence-electron chi connectivity index (χ4n) is 5.14. The van der Waals surface area contributed by atoms with E-state index in [1.807, 2.05) is 23.7 Å². The summed E-state index contributed by atoms with van der Waals surface area (Å²) in [7, 11) is 3.95. The minimum absolute atomic E-state index is 0.251. The molecule has 1 saturated heterocycles. The monoisotopic (exact) mass is 394 g/mol. The summed E-state index contributed by atoms with van der Waals surface area (Å²) in [6.07, 6.45) is 6.53. The molecule has 2 aliphatic rings. The van der Waals surface area contributed by atoms with E-state index in [1.54, 1.807) is 0 Å². The third kappa shape index (κ3) is 3.97. The Morgan fingerprint density at radius 2 is 1.97 bits per heavy atom. The first-order valence-electron chi connectivity index (χ1n) is 11.1. The van der Waals surface area contributed by atoms with Crippen molar-refractivity contribution in [3.05, 3.63) is 52.8 Å². The molecule has 5 heteroatoms. The number of aromatic nitrogens is 2. The molecule has 2 heterocycles. The van der Waals surface area contributed by atoms with Gasteiger partial charge in [0.1, 0.15) is 0 Å². The fraction of sp³-hybridized carbons (Fsp3) is 0.583. The second-order valence-electron chi connectivity index (χ2n) is 9.04. The average molecular weight is 395 g/mol. The van der Waals surface area contributed by atoms with E-state index in [0.29, 0.717) is 12.5 Å². The number of carbonyl (C=O) groups is 1. The zero-order valence-electron chi connectivity index (χ0n) is 18.1. The molecule has 2 aromatic rings. The first-order valence-corrected chi connectivity index (χ1v) is 11.1. The summed E-state index contributed by atoms with van der Waals surface area (Å²) in [5.74, 6) is 0.736. The maximum absolute atomic E-state index is 13.7. The van der Waals surface area contributed by atoms with Crippen molar-refractivity contribution >= 4 is 5.91 Å². The van der Waals surface area contributed by atoms with Crippen LogP contribution in [-0.4, -0.2) is 40.7 Å². The lowest BCUT2D eigenvalue weighted by molar-refractivity contribution is -0.136. The van der Waals surface area contributed by atoms with E-state index in [9.17, 15) is 4.79 Å². The number of piperidine rings is 1. The number of hydrogen-bond donors (Lipinski definition) is 1. The van der Waals surface area contributed by atoms with Gasteiger partial charge in [-0.25, -0.2) is 0 Å². The Hall–Kier alpha value is -2.14. The Bertz CT molecular complexity index is 842. The summed E-state index contributed by atoms with van der Waals surface area (Å²) >= 11 is 0. The lowest BCUT2D eigenvalue weighted by atomic mass is 9.77. The molecule has 1 aromatic heterocycles. The summed E-state index contributed by atoms with van der Waals surface area (Å²) in [5, 5.41) is 8.24. The largest absolute Gasteiger partial charge is 0.339 e. The van der Waals surface area contributed by atoms with Gasteiger partial charge in [0.25, 0.3) is 0 Å². The predicted molar refractivity (Wildman–Crippen MR) is 116 cm³/mol. The minimum Gasteiger partial charge on any atom is -0.339 e. The SMILES string of the molecule is Cc1ccc(C2(C(=O)N(C)Cc3cc(C4CCCNC4)nn3C)CCCC2)cc1. The van der Waals surface area contributed by atoms with Gasteiger partial charge >= 0.3 is 0 Å². The van der Waals surface area contributed by atoms with E-state index < -0.39 is 0 Å². The molecule has 156 valence electrons. The zero-order chi connectivity index (χ0) is 20.4. The number of nitrogens with zero attached hydrogens (tertiary/aromatic N) is 3. The smallest absolute Gasteiger partial charge is 0.233 e. The highest BCUT2D eigenvalue weighted by Gasteiger charge is 2.44. The quantitative estimate of drug-likeness (QED) is 0.842. The summed E-state index contributed by atoms with van der Waals surface area (Å²) in [6, 6.07) is 10.8. The molecule has 1 saturated carbocycles. The van der Waals surface area contributed by atoms with Crippen LogP contribution in [0.15, 0.2) is 30.3 Å². The van der Waals surface area contributed by atoms with E-state index in [-0.39, 0.29) is 11.3 Å². The van der Waals surface area contributed by atoms with Gasteiger partial charge in [0, 0.05) is 26.6 Å². The molecule has 29 heavy (non-hydrogen) atoms. The third-order valence-electron chi connectivity index (χ3n) is 6.93. The first-order chi connectivity index (χ1) is 14.0. The summed E-state index contributed by atoms with van der Waals surface area (Å²) in [6.45, 7) is 4.81. The Morgan fingerprint density at radius 1 is 1.24 bits per heavy atom. The molecule has 4 rings (SSSR count). The fourth-order valence-corrected chi connectivity index (χ4v) is 5.14. The van der Waals surface area contributed by atoms with Gasteiger partial charge in [-0.15, -0.1) is 0 Å². The van der Waals surface area contributed by atoms with E-state index in [4.69, 9.17) is 5.10 Å². The third-order valence-corrected chi connectivity index (χ3v) is 6.93. The van der Waals surface area contributed by atoms with E-state index in [0.717, 1.165) is 50.2 Å². The van der Waals surface area contributed by atoms with E-state index in [1.165, 1.54) is 24.0 Å². The minimum atomic E-state index is -0.364. The maximum atomic E-state index is 13.7. The van der Waals surface area contributed by atoms with Crippen LogP contribution >= 0.6 is 0 Å². The van der Waals surface area contributed by atoms with Crippen molar-refractivity contribution in [1.82, 2.24) is 20.0 Å². The van der Waals surface area contributed by atoms with Gasteiger partial charge in [0.05, 0.1) is 23.3 Å². The van der Waals surface area contributed by atoms with E-state index >= 15 is 0 Å². The van der Waals surface area contributed by atoms with Gasteiger partial charge in [-0.2, -0.15) is 5.10 Å². The Morgan fingerprint density at radius 3 is 2.62 bits per heavy atom. The number of carbonyl (C=O) groups excluding carboxylic acids is 1. The molecule has 1 atom stereocenters. The van der Waals surface area contributed by atoms with Gasteiger partial charge in [-0.1, -0.05) is 42.7 Å². The Balaban J connectivity index is 1.52. The lowest BCUT2D eigenvalue weighted by Crippen LogP contribution is -2.43. The number of hydrogen-bond acceptors (Lipinski definition) is 3. The van der Waals surface area contributed by atoms with Crippen molar-refractivity contribution in [3.8, 4) is 0 Å². The van der Waals surface area contributed by atoms with Crippen LogP contribution in [0.5, 0.6) is 0 Å². The first kappa shape index (κ1) is 20.1. The van der Waals surface area contributed by atoms with Crippen LogP contribution in [-0.2, 0) is 23.8 Å². The second kappa shape index (κ2) is 8.31. The zero-order valence-corrected chi connectivity index (χ0v) is 18.1. The van der Waals surface area contributed by atoms with Crippen molar-refractivity contribution in [2.75, 3.05) is 20.1 Å². The van der Waals surface area contributed by atoms with Crippen LogP contribution in [0, 0.1) is 6.92 Å². The number of nitrogens with one attached hydrogen (secondary N) is 1. The Kier molecular flexibility index (Phi) is 5.77. The number of amides is 1. The predicted octanol–water partition coefficient (Wildman–Crippen LogP) is 3.67. The van der Waals surface area contributed by atoms with Crippen LogP contribution < -0.4 is 5.32 Å². The number of aryl methyl sites for hydroxylation is 2. The van der Waals surface area contributed by atoms with Crippen LogP contribution in [0.1, 0.15) is 67.0 Å². The van der Waals surface area contributed by atoms with Gasteiger partial charge in [0.2, 0.25) is 5.91 Å². The van der Waals surface area contributed by atoms with Gasteiger partial charge in [-0.3, -0.25) is 9.48 Å². The highest BCUT2D eigenvalue weighted by molar-refractivity contribution is 5.88. The van der Waals surface area contributed by atoms with Gasteiger partial charge in [0.15, 0.2) is 0 Å². The number of likely N-dealkylation sites (N-methyl/N-ethyl adjacent to an activating group) is 1. The van der Waals surface area contributed by atoms with Crippen molar-refractivity contribution in [1.29, 1.82) is 0 Å². The molecular weight excluding hydrogens is 360 g/mol. The summed E-state index contributed by atoms with van der Waals surface area (Å²) in [5.41, 5.74) is 4.32. The van der Waals surface area contributed by atoms with Crippen molar-refractivity contribution in [2.45, 2.75) is 63.3 Å². The molecule has 1 N–H and O–H groups in total. The molecule has 0 bridgehead atoms. The molecule has 5 nitrogen and oxygen atoms in total. The highest BCUT2D eigenvalue weighted by Crippen LogP contribution is 2.42. The number of rotatable bonds is 5. The van der Waals surface area contributed by atoms with E-state index in [2.05, 4.69) is 42.6 Å². The topological polar surface area (TPSA) is 50.2 Å². The molecule has 1 amide bonds. The molecule has 1 aliphatic carbocycles. The van der Waals surface area contributed by atoms with Crippen molar-refractivity contribution < 1.29 is 4.79 Å². The number of benzene rings is 1. The van der Waals surface area contributed by atoms with Crippen LogP contribution in [0.3, 0.4) is 0 Å². The molecule has 0 spiro atoms. The van der Waals surface area contributed by atoms with Crippen molar-refractivity contribution in [3.63, 3.8) is 0 Å². The van der Waals surface area contributed by atoms with Crippen molar-refractivity contribution in [2.24, 2.45) is 7.05 Å².